The van der Waals surface area contributed by atoms with E-state index in [1.165, 1.54) is 24.1 Å². The second-order valence-electron chi connectivity index (χ2n) is 6.67. The minimum Gasteiger partial charge on any atom is -0.496 e. The zero-order chi connectivity index (χ0) is 18.9. The van der Waals surface area contributed by atoms with Crippen LogP contribution in [0.4, 0.5) is 5.69 Å². The maximum absolute atomic E-state index is 12.8. The number of carboxylic acid groups (broad SMARTS) is 1. The third kappa shape index (κ3) is 3.16. The number of carbonyl (C=O) groups excluding carboxylic acids is 1. The standard InChI is InChI=1S/C17H22N2O6/c1-10(2)17(16(21)22)5-6-18(9-17)15(20)12-7-13(19(23)24)11(3)14(8-12)25-4/h7-8,10H,5-6,9H2,1-4H3,(H,21,22). The maximum atomic E-state index is 12.8. The van der Waals surface area contributed by atoms with Gasteiger partial charge in [-0.1, -0.05) is 13.8 Å². The lowest BCUT2D eigenvalue weighted by Crippen LogP contribution is -2.40. The van der Waals surface area contributed by atoms with Crippen LogP contribution in [0.1, 0.15) is 36.2 Å². The number of benzene rings is 1. The highest BCUT2D eigenvalue weighted by atomic mass is 16.6. The van der Waals surface area contributed by atoms with E-state index in [0.29, 0.717) is 18.5 Å². The van der Waals surface area contributed by atoms with Crippen molar-refractivity contribution >= 4 is 17.6 Å². The zero-order valence-electron chi connectivity index (χ0n) is 14.7. The second-order valence-corrected chi connectivity index (χ2v) is 6.67. The highest BCUT2D eigenvalue weighted by Crippen LogP contribution is 2.39. The van der Waals surface area contributed by atoms with Crippen LogP contribution in [0.3, 0.4) is 0 Å². The number of rotatable bonds is 5. The smallest absolute Gasteiger partial charge is 0.311 e. The Morgan fingerprint density at radius 1 is 1.40 bits per heavy atom. The molecule has 0 aromatic heterocycles. The molecule has 1 aromatic rings. The lowest BCUT2D eigenvalue weighted by atomic mass is 9.76. The van der Waals surface area contributed by atoms with Crippen molar-refractivity contribution in [2.24, 2.45) is 11.3 Å². The molecule has 136 valence electrons. The highest BCUT2D eigenvalue weighted by Gasteiger charge is 2.48. The van der Waals surface area contributed by atoms with Gasteiger partial charge in [0.1, 0.15) is 5.75 Å². The van der Waals surface area contributed by atoms with Gasteiger partial charge in [-0.15, -0.1) is 0 Å². The molecule has 1 N–H and O–H groups in total. The van der Waals surface area contributed by atoms with E-state index in [9.17, 15) is 24.8 Å². The Morgan fingerprint density at radius 2 is 2.04 bits per heavy atom. The van der Waals surface area contributed by atoms with Crippen molar-refractivity contribution in [2.45, 2.75) is 27.2 Å². The topological polar surface area (TPSA) is 110 Å². The number of nitrogens with zero attached hydrogens (tertiary/aromatic N) is 2. The SMILES string of the molecule is COc1cc(C(=O)N2CCC(C(=O)O)(C(C)C)C2)cc([N+](=O)[O-])c1C. The molecule has 8 heteroatoms. The van der Waals surface area contributed by atoms with E-state index in [-0.39, 0.29) is 29.5 Å². The van der Waals surface area contributed by atoms with Gasteiger partial charge in [0.25, 0.3) is 11.6 Å². The molecular weight excluding hydrogens is 328 g/mol. The molecule has 8 nitrogen and oxygen atoms in total. The Morgan fingerprint density at radius 3 is 2.48 bits per heavy atom. The molecule has 0 bridgehead atoms. The quantitative estimate of drug-likeness (QED) is 0.645. The van der Waals surface area contributed by atoms with Crippen molar-refractivity contribution in [1.82, 2.24) is 4.90 Å². The van der Waals surface area contributed by atoms with E-state index < -0.39 is 22.2 Å². The van der Waals surface area contributed by atoms with Crippen molar-refractivity contribution in [3.05, 3.63) is 33.4 Å². The van der Waals surface area contributed by atoms with Crippen molar-refractivity contribution in [3.63, 3.8) is 0 Å². The summed E-state index contributed by atoms with van der Waals surface area (Å²) < 4.78 is 5.14. The number of nitro groups is 1. The van der Waals surface area contributed by atoms with E-state index >= 15 is 0 Å². The average Bonchev–Trinajstić information content (AvgIpc) is 3.01. The van der Waals surface area contributed by atoms with Crippen molar-refractivity contribution in [1.29, 1.82) is 0 Å². The normalized spacial score (nSPS) is 20.0. The summed E-state index contributed by atoms with van der Waals surface area (Å²) >= 11 is 0. The molecule has 1 heterocycles. The summed E-state index contributed by atoms with van der Waals surface area (Å²) in [5, 5.41) is 20.8. The summed E-state index contributed by atoms with van der Waals surface area (Å²) in [4.78, 5) is 36.6. The van der Waals surface area contributed by atoms with Crippen LogP contribution < -0.4 is 4.74 Å². The molecule has 25 heavy (non-hydrogen) atoms. The fourth-order valence-electron chi connectivity index (χ4n) is 3.28. The molecule has 0 radical (unpaired) electrons. The predicted molar refractivity (Wildman–Crippen MR) is 89.8 cm³/mol. The average molecular weight is 350 g/mol. The van der Waals surface area contributed by atoms with Gasteiger partial charge in [0.2, 0.25) is 0 Å². The van der Waals surface area contributed by atoms with Gasteiger partial charge >= 0.3 is 5.97 Å². The lowest BCUT2D eigenvalue weighted by Gasteiger charge is -2.28. The number of carbonyl (C=O) groups is 2. The molecule has 1 atom stereocenters. The van der Waals surface area contributed by atoms with Gasteiger partial charge in [-0.05, 0) is 25.3 Å². The van der Waals surface area contributed by atoms with Crippen molar-refractivity contribution in [3.8, 4) is 5.75 Å². The first-order valence-electron chi connectivity index (χ1n) is 7.99. The highest BCUT2D eigenvalue weighted by molar-refractivity contribution is 5.96. The predicted octanol–water partition coefficient (Wildman–Crippen LogP) is 2.48. The summed E-state index contributed by atoms with van der Waals surface area (Å²) in [6.07, 6.45) is 0.358. The number of nitro benzene ring substituents is 1. The molecule has 1 unspecified atom stereocenters. The number of hydrogen-bond donors (Lipinski definition) is 1. The van der Waals surface area contributed by atoms with Gasteiger partial charge in [-0.25, -0.2) is 0 Å². The molecule has 0 saturated carbocycles. The number of hydrogen-bond acceptors (Lipinski definition) is 5. The van der Waals surface area contributed by atoms with E-state index in [1.54, 1.807) is 6.92 Å². The van der Waals surface area contributed by atoms with Gasteiger partial charge < -0.3 is 14.7 Å². The zero-order valence-corrected chi connectivity index (χ0v) is 14.7. The molecule has 1 aromatic carbocycles. The van der Waals surface area contributed by atoms with Gasteiger partial charge in [0.05, 0.1) is 28.6 Å². The Kier molecular flexibility index (Phi) is 5.01. The Bertz CT molecular complexity index is 730. The second kappa shape index (κ2) is 6.70. The molecular formula is C17H22N2O6. The van der Waals surface area contributed by atoms with Crippen LogP contribution in [-0.4, -0.2) is 47.0 Å². The first kappa shape index (κ1) is 18.7. The van der Waals surface area contributed by atoms with Crippen molar-refractivity contribution in [2.75, 3.05) is 20.2 Å². The van der Waals surface area contributed by atoms with Gasteiger partial charge in [-0.3, -0.25) is 19.7 Å². The van der Waals surface area contributed by atoms with Crippen molar-refractivity contribution < 1.29 is 24.4 Å². The van der Waals surface area contributed by atoms with Gasteiger partial charge in [0.15, 0.2) is 0 Å². The van der Waals surface area contributed by atoms with E-state index in [1.807, 2.05) is 13.8 Å². The first-order chi connectivity index (χ1) is 11.6. The molecule has 1 aliphatic heterocycles. The lowest BCUT2D eigenvalue weighted by molar-refractivity contribution is -0.385. The fraction of sp³-hybridized carbons (Fsp3) is 0.529. The van der Waals surface area contributed by atoms with Gasteiger partial charge in [-0.2, -0.15) is 0 Å². The largest absolute Gasteiger partial charge is 0.496 e. The number of likely N-dealkylation sites (tertiary alicyclic amines) is 1. The number of aliphatic carboxylic acids is 1. The van der Waals surface area contributed by atoms with Crippen LogP contribution in [0.5, 0.6) is 5.75 Å². The molecule has 1 amide bonds. The van der Waals surface area contributed by atoms with Crippen LogP contribution in [0.15, 0.2) is 12.1 Å². The summed E-state index contributed by atoms with van der Waals surface area (Å²) in [7, 11) is 1.38. The minimum atomic E-state index is -0.990. The third-order valence-corrected chi connectivity index (χ3v) is 5.12. The summed E-state index contributed by atoms with van der Waals surface area (Å²) in [5.74, 6) is -1.23. The molecule has 1 aliphatic rings. The van der Waals surface area contributed by atoms with E-state index in [4.69, 9.17) is 4.74 Å². The number of methoxy groups -OCH3 is 1. The van der Waals surface area contributed by atoms with Crippen LogP contribution in [-0.2, 0) is 4.79 Å². The monoisotopic (exact) mass is 350 g/mol. The Balaban J connectivity index is 2.38. The molecule has 0 aliphatic carbocycles. The number of ether oxygens (including phenoxy) is 1. The number of amides is 1. The molecule has 1 saturated heterocycles. The van der Waals surface area contributed by atoms with Gasteiger partial charge in [0, 0.05) is 19.2 Å². The van der Waals surface area contributed by atoms with Crippen LogP contribution in [0.2, 0.25) is 0 Å². The summed E-state index contributed by atoms with van der Waals surface area (Å²) in [6, 6.07) is 2.68. The molecule has 0 spiro atoms. The summed E-state index contributed by atoms with van der Waals surface area (Å²) in [6.45, 7) is 5.58. The Hall–Kier alpha value is -2.64. The molecule has 2 rings (SSSR count). The first-order valence-corrected chi connectivity index (χ1v) is 7.99. The third-order valence-electron chi connectivity index (χ3n) is 5.12. The van der Waals surface area contributed by atoms with Crippen LogP contribution in [0.25, 0.3) is 0 Å². The fourth-order valence-corrected chi connectivity index (χ4v) is 3.28. The number of carboxylic acids is 1. The van der Waals surface area contributed by atoms with E-state index in [2.05, 4.69) is 0 Å². The molecule has 1 fully saturated rings. The van der Waals surface area contributed by atoms with E-state index in [0.717, 1.165) is 0 Å². The minimum absolute atomic E-state index is 0.0861. The van der Waals surface area contributed by atoms with Crippen LogP contribution in [0, 0.1) is 28.4 Å². The Labute approximate surface area is 145 Å². The summed E-state index contributed by atoms with van der Waals surface area (Å²) in [5.41, 5.74) is -0.724. The van der Waals surface area contributed by atoms with Crippen LogP contribution >= 0.6 is 0 Å². The maximum Gasteiger partial charge on any atom is 0.311 e.